The quantitative estimate of drug-likeness (QED) is 0.571. The van der Waals surface area contributed by atoms with Crippen LogP contribution in [0.2, 0.25) is 0 Å². The van der Waals surface area contributed by atoms with Crippen molar-refractivity contribution in [2.45, 2.75) is 44.4 Å². The minimum atomic E-state index is -3.50. The van der Waals surface area contributed by atoms with Crippen LogP contribution in [0.15, 0.2) is 41.3 Å². The van der Waals surface area contributed by atoms with Gasteiger partial charge in [-0.3, -0.25) is 0 Å². The molecule has 0 spiro atoms. The molecule has 0 aromatic heterocycles. The van der Waals surface area contributed by atoms with Crippen molar-refractivity contribution in [1.29, 1.82) is 0 Å². The van der Waals surface area contributed by atoms with Gasteiger partial charge in [0, 0.05) is 21.8 Å². The number of benzene rings is 2. The van der Waals surface area contributed by atoms with Gasteiger partial charge in [0.05, 0.1) is 12.4 Å². The number of hydrogen-bond donors (Lipinski definition) is 0. The van der Waals surface area contributed by atoms with Gasteiger partial charge >= 0.3 is 0 Å². The fourth-order valence-corrected chi connectivity index (χ4v) is 9.05. The molecule has 2 aromatic rings. The molecule has 0 aliphatic carbocycles. The second-order valence-corrected chi connectivity index (χ2v) is 11.8. The Morgan fingerprint density at radius 2 is 1.69 bits per heavy atom. The van der Waals surface area contributed by atoms with Gasteiger partial charge in [0.25, 0.3) is 10.1 Å². The minimum absolute atomic E-state index is 0.0118. The molecule has 4 nitrogen and oxygen atoms in total. The van der Waals surface area contributed by atoms with Crippen LogP contribution in [0.4, 0.5) is 0 Å². The van der Waals surface area contributed by atoms with Crippen LogP contribution in [0.1, 0.15) is 39.5 Å². The van der Waals surface area contributed by atoms with Crippen LogP contribution in [-0.4, -0.2) is 32.3 Å². The van der Waals surface area contributed by atoms with Gasteiger partial charge in [0.15, 0.2) is 0 Å². The van der Waals surface area contributed by atoms with Crippen LogP contribution in [0.5, 0.6) is 5.75 Å². The van der Waals surface area contributed by atoms with Gasteiger partial charge in [-0.05, 0) is 43.7 Å². The van der Waals surface area contributed by atoms with Gasteiger partial charge < -0.3 is 4.74 Å². The van der Waals surface area contributed by atoms with Crippen LogP contribution in [0.3, 0.4) is 0 Å². The summed E-state index contributed by atoms with van der Waals surface area (Å²) in [6.07, 6.45) is 4.13. The third-order valence-corrected chi connectivity index (χ3v) is 10.4. The van der Waals surface area contributed by atoms with Crippen LogP contribution in [-0.2, 0) is 13.7 Å². The molecule has 3 rings (SSSR count). The highest BCUT2D eigenvalue weighted by Gasteiger charge is 2.37. The Bertz CT molecular complexity index is 855. The fraction of sp³-hybridized carbons (Fsp3) is 0.500. The van der Waals surface area contributed by atoms with Gasteiger partial charge in [-0.15, -0.1) is 0 Å². The van der Waals surface area contributed by atoms with E-state index in [1.165, 1.54) is 0 Å². The summed E-state index contributed by atoms with van der Waals surface area (Å²) >= 11 is 0. The SMILES string of the molecule is CCCCOc1ccc(S2(OS(=O)(=O)CC)CCCC2)c2ccccc12. The van der Waals surface area contributed by atoms with E-state index >= 15 is 0 Å². The molecule has 0 N–H and O–H groups in total. The van der Waals surface area contributed by atoms with E-state index in [0.717, 1.165) is 58.6 Å². The second-order valence-electron chi connectivity index (χ2n) is 6.65. The number of fused-ring (bicyclic) bond motifs is 1. The first kappa shape index (κ1) is 19.5. The lowest BCUT2D eigenvalue weighted by Crippen LogP contribution is -2.16. The molecule has 0 atom stereocenters. The van der Waals surface area contributed by atoms with E-state index < -0.39 is 20.4 Å². The maximum absolute atomic E-state index is 12.3. The monoisotopic (exact) mass is 396 g/mol. The van der Waals surface area contributed by atoms with Crippen molar-refractivity contribution in [2.24, 2.45) is 0 Å². The van der Waals surface area contributed by atoms with Crippen LogP contribution in [0.25, 0.3) is 10.8 Å². The van der Waals surface area contributed by atoms with E-state index in [9.17, 15) is 8.42 Å². The Morgan fingerprint density at radius 1 is 1.00 bits per heavy atom. The largest absolute Gasteiger partial charge is 0.493 e. The van der Waals surface area contributed by atoms with Crippen molar-refractivity contribution in [2.75, 3.05) is 23.9 Å². The molecule has 1 aliphatic rings. The molecule has 0 saturated carbocycles. The summed E-state index contributed by atoms with van der Waals surface area (Å²) in [6.45, 7) is 4.47. The lowest BCUT2D eigenvalue weighted by molar-refractivity contribution is 0.313. The molecule has 26 heavy (non-hydrogen) atoms. The third-order valence-electron chi connectivity index (χ3n) is 4.79. The van der Waals surface area contributed by atoms with Gasteiger partial charge in [-0.25, -0.2) is 3.63 Å². The van der Waals surface area contributed by atoms with E-state index in [4.69, 9.17) is 8.37 Å². The predicted octanol–water partition coefficient (Wildman–Crippen LogP) is 5.26. The Morgan fingerprint density at radius 3 is 2.35 bits per heavy atom. The average Bonchev–Trinajstić information content (AvgIpc) is 3.10. The van der Waals surface area contributed by atoms with E-state index in [0.29, 0.717) is 6.61 Å². The van der Waals surface area contributed by atoms with Crippen LogP contribution >= 0.6 is 10.3 Å². The molecule has 0 radical (unpaired) electrons. The van der Waals surface area contributed by atoms with Crippen LogP contribution < -0.4 is 4.74 Å². The van der Waals surface area contributed by atoms with Crippen molar-refractivity contribution in [3.05, 3.63) is 36.4 Å². The molecule has 1 aliphatic heterocycles. The number of hydrogen-bond acceptors (Lipinski definition) is 4. The summed E-state index contributed by atoms with van der Waals surface area (Å²) in [5, 5.41) is 2.10. The van der Waals surface area contributed by atoms with Crippen molar-refractivity contribution < 1.29 is 16.8 Å². The summed E-state index contributed by atoms with van der Waals surface area (Å²) in [7, 11) is -5.32. The second kappa shape index (κ2) is 8.19. The standard InChI is InChI=1S/C20H28O4S2/c1-3-5-14-23-19-12-13-20(18-11-7-6-10-17(18)19)25(15-8-9-16-25)24-26(21,22)4-2/h6-7,10-13H,3-5,8-9,14-16H2,1-2H3. The molecular formula is C20H28O4S2. The molecule has 2 aromatic carbocycles. The van der Waals surface area contributed by atoms with E-state index in [-0.39, 0.29) is 5.75 Å². The fourth-order valence-electron chi connectivity index (χ4n) is 3.36. The summed E-state index contributed by atoms with van der Waals surface area (Å²) in [6, 6.07) is 12.1. The zero-order valence-electron chi connectivity index (χ0n) is 15.6. The van der Waals surface area contributed by atoms with Crippen molar-refractivity contribution in [3.8, 4) is 5.75 Å². The van der Waals surface area contributed by atoms with Crippen molar-refractivity contribution in [1.82, 2.24) is 0 Å². The molecule has 0 amide bonds. The highest BCUT2D eigenvalue weighted by molar-refractivity contribution is 8.33. The Kier molecular flexibility index (Phi) is 6.15. The summed E-state index contributed by atoms with van der Waals surface area (Å²) in [4.78, 5) is 1.05. The first-order chi connectivity index (χ1) is 12.5. The highest BCUT2D eigenvalue weighted by Crippen LogP contribution is 2.64. The topological polar surface area (TPSA) is 52.6 Å². The van der Waals surface area contributed by atoms with Gasteiger partial charge in [0.1, 0.15) is 5.75 Å². The summed E-state index contributed by atoms with van der Waals surface area (Å²) in [5.41, 5.74) is 0. The van der Waals surface area contributed by atoms with Crippen LogP contribution in [0, 0.1) is 0 Å². The lowest BCUT2D eigenvalue weighted by atomic mass is 10.1. The van der Waals surface area contributed by atoms with Gasteiger partial charge in [0.2, 0.25) is 0 Å². The van der Waals surface area contributed by atoms with E-state index in [1.54, 1.807) is 6.92 Å². The molecule has 1 heterocycles. The van der Waals surface area contributed by atoms with Crippen molar-refractivity contribution >= 4 is 31.2 Å². The molecule has 1 saturated heterocycles. The molecule has 6 heteroatoms. The third kappa shape index (κ3) is 4.02. The zero-order valence-corrected chi connectivity index (χ0v) is 17.2. The van der Waals surface area contributed by atoms with Crippen molar-refractivity contribution in [3.63, 3.8) is 0 Å². The molecule has 0 unspecified atom stereocenters. The number of ether oxygens (including phenoxy) is 1. The zero-order chi connectivity index (χ0) is 18.6. The van der Waals surface area contributed by atoms with E-state index in [1.807, 2.05) is 24.3 Å². The minimum Gasteiger partial charge on any atom is -0.493 e. The predicted molar refractivity (Wildman–Crippen MR) is 110 cm³/mol. The normalized spacial score (nSPS) is 18.1. The summed E-state index contributed by atoms with van der Waals surface area (Å²) in [5.74, 6) is 2.50. The first-order valence-corrected chi connectivity index (χ1v) is 12.9. The van der Waals surface area contributed by atoms with Gasteiger partial charge in [-0.1, -0.05) is 47.9 Å². The summed E-state index contributed by atoms with van der Waals surface area (Å²) < 4.78 is 36.4. The first-order valence-electron chi connectivity index (χ1n) is 9.38. The molecule has 1 fully saturated rings. The molecule has 0 bridgehead atoms. The van der Waals surface area contributed by atoms with E-state index in [2.05, 4.69) is 19.1 Å². The molecular weight excluding hydrogens is 368 g/mol. The lowest BCUT2D eigenvalue weighted by Gasteiger charge is -2.35. The Hall–Kier alpha value is -1.24. The maximum Gasteiger partial charge on any atom is 0.276 e. The smallest absolute Gasteiger partial charge is 0.276 e. The maximum atomic E-state index is 12.3. The number of rotatable bonds is 8. The Balaban J connectivity index is 2.07. The highest BCUT2D eigenvalue weighted by atomic mass is 32.3. The van der Waals surface area contributed by atoms with Gasteiger partial charge in [-0.2, -0.15) is 8.42 Å². The Labute approximate surface area is 158 Å². The average molecular weight is 397 g/mol. The number of unbranched alkanes of at least 4 members (excludes halogenated alkanes) is 1. The molecule has 144 valence electrons.